The summed E-state index contributed by atoms with van der Waals surface area (Å²) >= 11 is 1.47. The van der Waals surface area contributed by atoms with Gasteiger partial charge in [0.05, 0.1) is 18.4 Å². The van der Waals surface area contributed by atoms with Crippen LogP contribution in [-0.2, 0) is 13.1 Å². The van der Waals surface area contributed by atoms with E-state index in [2.05, 4.69) is 20.8 Å². The highest BCUT2D eigenvalue weighted by Crippen LogP contribution is 2.20. The van der Waals surface area contributed by atoms with Crippen molar-refractivity contribution < 1.29 is 14.4 Å². The Morgan fingerprint density at radius 3 is 3.00 bits per heavy atom. The number of hydrogen-bond acceptors (Lipinski definition) is 7. The van der Waals surface area contributed by atoms with Crippen molar-refractivity contribution in [1.82, 2.24) is 25.5 Å². The fourth-order valence-corrected chi connectivity index (χ4v) is 2.96. The first-order chi connectivity index (χ1) is 11.5. The third-order valence-corrected chi connectivity index (χ3v) is 4.58. The molecule has 2 N–H and O–H groups in total. The minimum atomic E-state index is -0.676. The van der Waals surface area contributed by atoms with E-state index < -0.39 is 6.10 Å². The molecule has 0 radical (unpaired) electrons. The molecule has 3 aromatic rings. The lowest BCUT2D eigenvalue weighted by molar-refractivity contribution is 0.0945. The molecule has 0 spiro atoms. The molecule has 9 heteroatoms. The Morgan fingerprint density at radius 1 is 1.50 bits per heavy atom. The van der Waals surface area contributed by atoms with Gasteiger partial charge in [0.1, 0.15) is 11.9 Å². The number of hydrogen-bond donors (Lipinski definition) is 2. The molecule has 24 heavy (non-hydrogen) atoms. The van der Waals surface area contributed by atoms with Crippen molar-refractivity contribution in [2.45, 2.75) is 33.0 Å². The maximum atomic E-state index is 12.2. The van der Waals surface area contributed by atoms with E-state index in [4.69, 9.17) is 4.52 Å². The minimum absolute atomic E-state index is 0.195. The summed E-state index contributed by atoms with van der Waals surface area (Å²) in [5.41, 5.74) is 1.79. The van der Waals surface area contributed by atoms with Crippen LogP contribution in [-0.4, -0.2) is 31.2 Å². The first-order valence-corrected chi connectivity index (χ1v) is 8.24. The first-order valence-electron chi connectivity index (χ1n) is 7.36. The van der Waals surface area contributed by atoms with Crippen molar-refractivity contribution in [2.24, 2.45) is 0 Å². The first kappa shape index (κ1) is 16.3. The number of nitrogens with zero attached hydrogens (tertiary/aromatic N) is 4. The van der Waals surface area contributed by atoms with E-state index in [-0.39, 0.29) is 18.1 Å². The zero-order chi connectivity index (χ0) is 17.1. The van der Waals surface area contributed by atoms with Gasteiger partial charge in [0, 0.05) is 17.0 Å². The summed E-state index contributed by atoms with van der Waals surface area (Å²) in [7, 11) is 0. The number of carbonyl (C=O) groups is 1. The molecule has 1 amide bonds. The van der Waals surface area contributed by atoms with E-state index in [1.165, 1.54) is 22.2 Å². The van der Waals surface area contributed by atoms with Crippen molar-refractivity contribution in [1.29, 1.82) is 0 Å². The Labute approximate surface area is 142 Å². The van der Waals surface area contributed by atoms with Gasteiger partial charge in [-0.3, -0.25) is 4.79 Å². The predicted molar refractivity (Wildman–Crippen MR) is 86.4 cm³/mol. The molecule has 0 saturated heterocycles. The quantitative estimate of drug-likeness (QED) is 0.702. The van der Waals surface area contributed by atoms with Gasteiger partial charge in [-0.1, -0.05) is 16.4 Å². The van der Waals surface area contributed by atoms with Gasteiger partial charge in [0.25, 0.3) is 5.91 Å². The fourth-order valence-electron chi connectivity index (χ4n) is 2.25. The van der Waals surface area contributed by atoms with Crippen molar-refractivity contribution in [3.8, 4) is 0 Å². The van der Waals surface area contributed by atoms with Gasteiger partial charge in [-0.05, 0) is 25.3 Å². The SMILES string of the molecule is Cc1noc(C)c1CNC(=O)c1cn(C[C@@H](O)c2cccs2)nn1. The molecule has 3 aromatic heterocycles. The van der Waals surface area contributed by atoms with Crippen molar-refractivity contribution >= 4 is 17.2 Å². The van der Waals surface area contributed by atoms with Crippen LogP contribution < -0.4 is 5.32 Å². The number of aryl methyl sites for hydroxylation is 2. The zero-order valence-electron chi connectivity index (χ0n) is 13.3. The van der Waals surface area contributed by atoms with Gasteiger partial charge >= 0.3 is 0 Å². The molecule has 3 heterocycles. The lowest BCUT2D eigenvalue weighted by Gasteiger charge is -2.07. The van der Waals surface area contributed by atoms with Crippen LogP contribution in [0.5, 0.6) is 0 Å². The largest absolute Gasteiger partial charge is 0.386 e. The number of carbonyl (C=O) groups excluding carboxylic acids is 1. The molecule has 8 nitrogen and oxygen atoms in total. The van der Waals surface area contributed by atoms with Gasteiger partial charge in [-0.25, -0.2) is 4.68 Å². The Balaban J connectivity index is 1.59. The van der Waals surface area contributed by atoms with Crippen molar-refractivity contribution in [3.05, 3.63) is 51.3 Å². The summed E-state index contributed by atoms with van der Waals surface area (Å²) in [6, 6.07) is 3.72. The van der Waals surface area contributed by atoms with Crippen LogP contribution in [0.1, 0.15) is 38.5 Å². The normalized spacial score (nSPS) is 12.3. The Bertz CT molecular complexity index is 805. The highest BCUT2D eigenvalue weighted by Gasteiger charge is 2.16. The van der Waals surface area contributed by atoms with Gasteiger partial charge in [0.2, 0.25) is 0 Å². The summed E-state index contributed by atoms with van der Waals surface area (Å²) in [5, 5.41) is 26.3. The molecule has 126 valence electrons. The Hall–Kier alpha value is -2.52. The molecule has 0 aliphatic heterocycles. The van der Waals surface area contributed by atoms with Gasteiger partial charge in [-0.15, -0.1) is 16.4 Å². The second-order valence-corrected chi connectivity index (χ2v) is 6.32. The summed E-state index contributed by atoms with van der Waals surface area (Å²) in [5.74, 6) is 0.336. The number of aromatic nitrogens is 4. The highest BCUT2D eigenvalue weighted by atomic mass is 32.1. The Kier molecular flexibility index (Phi) is 4.72. The van der Waals surface area contributed by atoms with Gasteiger partial charge in [-0.2, -0.15) is 0 Å². The molecule has 0 aromatic carbocycles. The molecule has 0 saturated carbocycles. The molecule has 0 aliphatic carbocycles. The average molecular weight is 347 g/mol. The lowest BCUT2D eigenvalue weighted by atomic mass is 10.2. The molecule has 0 fully saturated rings. The number of thiophene rings is 1. The van der Waals surface area contributed by atoms with E-state index in [0.717, 1.165) is 16.1 Å². The minimum Gasteiger partial charge on any atom is -0.386 e. The monoisotopic (exact) mass is 347 g/mol. The van der Waals surface area contributed by atoms with Crippen LogP contribution in [0, 0.1) is 13.8 Å². The van der Waals surface area contributed by atoms with E-state index in [9.17, 15) is 9.90 Å². The molecule has 0 bridgehead atoms. The van der Waals surface area contributed by atoms with Crippen molar-refractivity contribution in [2.75, 3.05) is 0 Å². The summed E-state index contributed by atoms with van der Waals surface area (Å²) in [4.78, 5) is 13.0. The topological polar surface area (TPSA) is 106 Å². The molecule has 0 aliphatic rings. The predicted octanol–water partition coefficient (Wildman–Crippen LogP) is 1.61. The van der Waals surface area contributed by atoms with Crippen molar-refractivity contribution in [3.63, 3.8) is 0 Å². The number of aliphatic hydroxyl groups excluding tert-OH is 1. The number of rotatable bonds is 6. The van der Waals surface area contributed by atoms with E-state index in [1.54, 1.807) is 6.92 Å². The van der Waals surface area contributed by atoms with Crippen LogP contribution in [0.4, 0.5) is 0 Å². The third kappa shape index (κ3) is 3.52. The average Bonchev–Trinajstić information content (AvgIpc) is 3.28. The number of aliphatic hydroxyl groups is 1. The molecule has 1 atom stereocenters. The number of nitrogens with one attached hydrogen (secondary N) is 1. The Morgan fingerprint density at radius 2 is 2.33 bits per heavy atom. The standard InChI is InChI=1S/C15H17N5O3S/c1-9-11(10(2)23-18-9)6-16-15(22)12-7-20(19-17-12)8-13(21)14-4-3-5-24-14/h3-5,7,13,21H,6,8H2,1-2H3,(H,16,22)/t13-/m1/s1. The summed E-state index contributed by atoms with van der Waals surface area (Å²) in [6.07, 6.45) is 0.837. The van der Waals surface area contributed by atoms with Crippen LogP contribution in [0.2, 0.25) is 0 Å². The van der Waals surface area contributed by atoms with Crippen LogP contribution in [0.25, 0.3) is 0 Å². The van der Waals surface area contributed by atoms with Gasteiger partial charge < -0.3 is 14.9 Å². The molecule has 3 rings (SSSR count). The second kappa shape index (κ2) is 6.93. The van der Waals surface area contributed by atoms with E-state index >= 15 is 0 Å². The van der Waals surface area contributed by atoms with Gasteiger partial charge in [0.15, 0.2) is 5.69 Å². The second-order valence-electron chi connectivity index (χ2n) is 5.34. The van der Waals surface area contributed by atoms with Crippen LogP contribution in [0.15, 0.2) is 28.2 Å². The van der Waals surface area contributed by atoms with E-state index in [1.807, 2.05) is 24.4 Å². The lowest BCUT2D eigenvalue weighted by Crippen LogP contribution is -2.23. The third-order valence-electron chi connectivity index (χ3n) is 3.61. The van der Waals surface area contributed by atoms with Crippen LogP contribution >= 0.6 is 11.3 Å². The summed E-state index contributed by atoms with van der Waals surface area (Å²) in [6.45, 7) is 4.17. The van der Waals surface area contributed by atoms with E-state index in [0.29, 0.717) is 12.3 Å². The highest BCUT2D eigenvalue weighted by molar-refractivity contribution is 7.10. The summed E-state index contributed by atoms with van der Waals surface area (Å²) < 4.78 is 6.51. The maximum Gasteiger partial charge on any atom is 0.273 e. The number of amides is 1. The zero-order valence-corrected chi connectivity index (χ0v) is 14.1. The molecular weight excluding hydrogens is 330 g/mol. The molecular formula is C15H17N5O3S. The van der Waals surface area contributed by atoms with Crippen LogP contribution in [0.3, 0.4) is 0 Å². The molecule has 0 unspecified atom stereocenters. The fraction of sp³-hybridized carbons (Fsp3) is 0.333. The smallest absolute Gasteiger partial charge is 0.273 e. The maximum absolute atomic E-state index is 12.2.